The molecule has 2 aromatic rings. The van der Waals surface area contributed by atoms with E-state index >= 15 is 0 Å². The van der Waals surface area contributed by atoms with Crippen molar-refractivity contribution in [1.82, 2.24) is 4.90 Å². The molecule has 0 saturated carbocycles. The number of rotatable bonds is 2. The van der Waals surface area contributed by atoms with Crippen molar-refractivity contribution in [2.45, 2.75) is 25.8 Å². The third-order valence-electron chi connectivity index (χ3n) is 4.16. The van der Waals surface area contributed by atoms with Gasteiger partial charge in [0.25, 0.3) is 0 Å². The molecule has 1 aliphatic rings. The van der Waals surface area contributed by atoms with Gasteiger partial charge in [-0.05, 0) is 37.5 Å². The highest BCUT2D eigenvalue weighted by Crippen LogP contribution is 2.33. The van der Waals surface area contributed by atoms with Gasteiger partial charge in [0, 0.05) is 17.8 Å². The highest BCUT2D eigenvalue weighted by molar-refractivity contribution is 5.90. The van der Waals surface area contributed by atoms with Crippen molar-refractivity contribution < 1.29 is 9.18 Å². The molecule has 3 rings (SSSR count). The molecule has 1 heterocycles. The molecule has 3 nitrogen and oxygen atoms in total. The molecule has 1 fully saturated rings. The number of benzene rings is 2. The quantitative estimate of drug-likeness (QED) is 0.869. The monoisotopic (exact) mass is 298 g/mol. The van der Waals surface area contributed by atoms with Crippen LogP contribution >= 0.6 is 0 Å². The summed E-state index contributed by atoms with van der Waals surface area (Å²) in [6.07, 6.45) is 1.68. The first-order valence-electron chi connectivity index (χ1n) is 7.54. The number of hydrogen-bond acceptors (Lipinski definition) is 1. The molecule has 1 unspecified atom stereocenters. The van der Waals surface area contributed by atoms with E-state index in [0.29, 0.717) is 12.1 Å². The number of carbonyl (C=O) groups excluding carboxylic acids is 1. The average molecular weight is 298 g/mol. The van der Waals surface area contributed by atoms with Crippen LogP contribution in [0, 0.1) is 12.7 Å². The Morgan fingerprint density at radius 1 is 1.18 bits per heavy atom. The van der Waals surface area contributed by atoms with Crippen LogP contribution in [0.15, 0.2) is 48.5 Å². The second-order valence-corrected chi connectivity index (χ2v) is 5.62. The lowest BCUT2D eigenvalue weighted by molar-refractivity contribution is 0.206. The molecule has 1 saturated heterocycles. The minimum atomic E-state index is -0.247. The van der Waals surface area contributed by atoms with E-state index in [0.717, 1.165) is 24.1 Å². The lowest BCUT2D eigenvalue weighted by atomic mass is 10.0. The second-order valence-electron chi connectivity index (χ2n) is 5.62. The van der Waals surface area contributed by atoms with Crippen LogP contribution in [0.25, 0.3) is 0 Å². The molecule has 114 valence electrons. The molecular weight excluding hydrogens is 279 g/mol. The highest BCUT2D eigenvalue weighted by Gasteiger charge is 2.31. The molecule has 0 spiro atoms. The van der Waals surface area contributed by atoms with E-state index in [9.17, 15) is 9.18 Å². The summed E-state index contributed by atoms with van der Waals surface area (Å²) >= 11 is 0. The number of halogens is 1. The van der Waals surface area contributed by atoms with Crippen molar-refractivity contribution in [3.05, 3.63) is 65.5 Å². The van der Waals surface area contributed by atoms with Gasteiger partial charge in [-0.3, -0.25) is 0 Å². The minimum Gasteiger partial charge on any atom is -0.317 e. The van der Waals surface area contributed by atoms with Gasteiger partial charge in [-0.1, -0.05) is 36.4 Å². The number of aryl methyl sites for hydroxylation is 1. The fourth-order valence-corrected chi connectivity index (χ4v) is 2.98. The van der Waals surface area contributed by atoms with Crippen LogP contribution in [0.2, 0.25) is 0 Å². The summed E-state index contributed by atoms with van der Waals surface area (Å²) in [5.41, 5.74) is 2.41. The topological polar surface area (TPSA) is 32.3 Å². The normalized spacial score (nSPS) is 17.5. The lowest BCUT2D eigenvalue weighted by Crippen LogP contribution is -2.34. The standard InChI is InChI=1S/C18H19FN2O/c1-13-7-2-5-10-16(13)20-18(22)21-12-6-11-17(21)14-8-3-4-9-15(14)19/h2-5,7-10,17H,6,11-12H2,1H3,(H,20,22). The summed E-state index contributed by atoms with van der Waals surface area (Å²) in [4.78, 5) is 14.3. The van der Waals surface area contributed by atoms with E-state index in [1.165, 1.54) is 6.07 Å². The second kappa shape index (κ2) is 6.18. The number of amides is 2. The summed E-state index contributed by atoms with van der Waals surface area (Å²) in [6.45, 7) is 2.60. The molecule has 2 amide bonds. The lowest BCUT2D eigenvalue weighted by Gasteiger charge is -2.26. The number of urea groups is 1. The molecule has 0 radical (unpaired) electrons. The maximum Gasteiger partial charge on any atom is 0.322 e. The number of likely N-dealkylation sites (tertiary alicyclic amines) is 1. The number of hydrogen-bond donors (Lipinski definition) is 1. The Kier molecular flexibility index (Phi) is 4.09. The Labute approximate surface area is 129 Å². The summed E-state index contributed by atoms with van der Waals surface area (Å²) in [5, 5.41) is 2.94. The Bertz CT molecular complexity index is 686. The summed E-state index contributed by atoms with van der Waals surface area (Å²) in [5.74, 6) is -0.247. The van der Waals surface area contributed by atoms with Gasteiger partial charge in [-0.25, -0.2) is 9.18 Å². The Balaban J connectivity index is 1.80. The van der Waals surface area contributed by atoms with E-state index in [4.69, 9.17) is 0 Å². The van der Waals surface area contributed by atoms with Gasteiger partial charge in [0.2, 0.25) is 0 Å². The smallest absolute Gasteiger partial charge is 0.317 e. The van der Waals surface area contributed by atoms with Gasteiger partial charge in [-0.15, -0.1) is 0 Å². The van der Waals surface area contributed by atoms with Crippen LogP contribution in [0.4, 0.5) is 14.9 Å². The first kappa shape index (κ1) is 14.6. The van der Waals surface area contributed by atoms with E-state index in [1.54, 1.807) is 17.0 Å². The first-order chi connectivity index (χ1) is 10.7. The number of anilines is 1. The van der Waals surface area contributed by atoms with Crippen LogP contribution in [-0.2, 0) is 0 Å². The van der Waals surface area contributed by atoms with Crippen molar-refractivity contribution in [1.29, 1.82) is 0 Å². The van der Waals surface area contributed by atoms with E-state index in [1.807, 2.05) is 37.3 Å². The molecule has 0 aromatic heterocycles. The van der Waals surface area contributed by atoms with Crippen LogP contribution in [0.5, 0.6) is 0 Å². The van der Waals surface area contributed by atoms with Gasteiger partial charge < -0.3 is 10.2 Å². The Morgan fingerprint density at radius 2 is 1.91 bits per heavy atom. The van der Waals surface area contributed by atoms with E-state index < -0.39 is 0 Å². The van der Waals surface area contributed by atoms with Gasteiger partial charge in [0.1, 0.15) is 5.82 Å². The molecule has 4 heteroatoms. The van der Waals surface area contributed by atoms with Gasteiger partial charge in [0.05, 0.1) is 6.04 Å². The van der Waals surface area contributed by atoms with Gasteiger partial charge >= 0.3 is 6.03 Å². The molecule has 2 aromatic carbocycles. The third-order valence-corrected chi connectivity index (χ3v) is 4.16. The van der Waals surface area contributed by atoms with Gasteiger partial charge in [0.15, 0.2) is 0 Å². The fraction of sp³-hybridized carbons (Fsp3) is 0.278. The van der Waals surface area contributed by atoms with Crippen molar-refractivity contribution >= 4 is 11.7 Å². The average Bonchev–Trinajstić information content (AvgIpc) is 2.99. The van der Waals surface area contributed by atoms with Crippen LogP contribution in [0.3, 0.4) is 0 Å². The summed E-state index contributed by atoms with van der Waals surface area (Å²) in [7, 11) is 0. The molecule has 1 N–H and O–H groups in total. The molecule has 0 bridgehead atoms. The molecule has 0 aliphatic carbocycles. The SMILES string of the molecule is Cc1ccccc1NC(=O)N1CCCC1c1ccccc1F. The number of nitrogens with zero attached hydrogens (tertiary/aromatic N) is 1. The minimum absolute atomic E-state index is 0.167. The van der Waals surface area contributed by atoms with E-state index in [2.05, 4.69) is 5.32 Å². The predicted octanol–water partition coefficient (Wildman–Crippen LogP) is 4.50. The predicted molar refractivity (Wildman–Crippen MR) is 85.3 cm³/mol. The summed E-state index contributed by atoms with van der Waals surface area (Å²) < 4.78 is 14.0. The maximum atomic E-state index is 14.0. The Morgan fingerprint density at radius 3 is 2.68 bits per heavy atom. The number of para-hydroxylation sites is 1. The van der Waals surface area contributed by atoms with E-state index in [-0.39, 0.29) is 17.9 Å². The fourth-order valence-electron chi connectivity index (χ4n) is 2.98. The van der Waals surface area contributed by atoms with Crippen molar-refractivity contribution in [3.63, 3.8) is 0 Å². The summed E-state index contributed by atoms with van der Waals surface area (Å²) in [6, 6.07) is 14.0. The van der Waals surface area contributed by atoms with Crippen molar-refractivity contribution in [2.75, 3.05) is 11.9 Å². The zero-order valence-electron chi connectivity index (χ0n) is 12.6. The van der Waals surface area contributed by atoms with Crippen molar-refractivity contribution in [3.8, 4) is 0 Å². The van der Waals surface area contributed by atoms with Crippen molar-refractivity contribution in [2.24, 2.45) is 0 Å². The van der Waals surface area contributed by atoms with Gasteiger partial charge in [-0.2, -0.15) is 0 Å². The van der Waals surface area contributed by atoms with Crippen LogP contribution in [0.1, 0.15) is 30.0 Å². The number of nitrogens with one attached hydrogen (secondary N) is 1. The molecule has 1 atom stereocenters. The first-order valence-corrected chi connectivity index (χ1v) is 7.54. The zero-order valence-corrected chi connectivity index (χ0v) is 12.6. The third kappa shape index (κ3) is 2.82. The zero-order chi connectivity index (χ0) is 15.5. The molecule has 22 heavy (non-hydrogen) atoms. The number of carbonyl (C=O) groups is 1. The highest BCUT2D eigenvalue weighted by atomic mass is 19.1. The maximum absolute atomic E-state index is 14.0. The van der Waals surface area contributed by atoms with Crippen LogP contribution in [-0.4, -0.2) is 17.5 Å². The molecular formula is C18H19FN2O. The Hall–Kier alpha value is -2.36. The van der Waals surface area contributed by atoms with Crippen LogP contribution < -0.4 is 5.32 Å². The largest absolute Gasteiger partial charge is 0.322 e. The molecule has 1 aliphatic heterocycles.